The molecular formula is C15H23FN4O2. The van der Waals surface area contributed by atoms with E-state index in [4.69, 9.17) is 9.47 Å². The molecule has 0 spiro atoms. The van der Waals surface area contributed by atoms with Gasteiger partial charge < -0.3 is 14.4 Å². The lowest BCUT2D eigenvalue weighted by atomic mass is 9.97. The van der Waals surface area contributed by atoms with Gasteiger partial charge >= 0.3 is 0 Å². The van der Waals surface area contributed by atoms with Crippen LogP contribution in [0.15, 0.2) is 6.20 Å². The second-order valence-corrected chi connectivity index (χ2v) is 5.89. The monoisotopic (exact) mass is 310 g/mol. The summed E-state index contributed by atoms with van der Waals surface area (Å²) in [4.78, 5) is 12.9. The summed E-state index contributed by atoms with van der Waals surface area (Å²) in [5.41, 5.74) is 0. The minimum absolute atomic E-state index is 0.0142. The average Bonchev–Trinajstić information content (AvgIpc) is 2.56. The zero-order chi connectivity index (χ0) is 15.4. The molecule has 2 saturated heterocycles. The normalized spacial score (nSPS) is 23.5. The van der Waals surface area contributed by atoms with Crippen molar-refractivity contribution in [3.8, 4) is 5.88 Å². The van der Waals surface area contributed by atoms with E-state index in [0.717, 1.165) is 52.4 Å². The number of morpholine rings is 1. The van der Waals surface area contributed by atoms with Crippen LogP contribution < -0.4 is 9.64 Å². The molecular weight excluding hydrogens is 287 g/mol. The van der Waals surface area contributed by atoms with Gasteiger partial charge in [-0.2, -0.15) is 9.37 Å². The van der Waals surface area contributed by atoms with Crippen LogP contribution >= 0.6 is 0 Å². The number of aromatic nitrogens is 2. The van der Waals surface area contributed by atoms with Crippen molar-refractivity contribution in [3.63, 3.8) is 0 Å². The van der Waals surface area contributed by atoms with Gasteiger partial charge in [-0.1, -0.05) is 0 Å². The Morgan fingerprint density at radius 3 is 2.95 bits per heavy atom. The van der Waals surface area contributed by atoms with E-state index in [-0.39, 0.29) is 5.88 Å². The van der Waals surface area contributed by atoms with E-state index in [1.54, 1.807) is 0 Å². The third kappa shape index (κ3) is 3.64. The molecule has 1 aromatic heterocycles. The largest absolute Gasteiger partial charge is 0.479 e. The third-order valence-corrected chi connectivity index (χ3v) is 4.31. The molecule has 0 radical (unpaired) electrons. The van der Waals surface area contributed by atoms with Crippen LogP contribution in [-0.4, -0.2) is 67.9 Å². The van der Waals surface area contributed by atoms with E-state index in [0.29, 0.717) is 11.9 Å². The van der Waals surface area contributed by atoms with E-state index in [1.165, 1.54) is 19.7 Å². The number of nitrogens with zero attached hydrogens (tertiary/aromatic N) is 4. The predicted octanol–water partition coefficient (Wildman–Crippen LogP) is 1.17. The summed E-state index contributed by atoms with van der Waals surface area (Å²) in [5, 5.41) is 0. The first-order valence-corrected chi connectivity index (χ1v) is 7.88. The molecule has 0 aromatic carbocycles. The highest BCUT2D eigenvalue weighted by atomic mass is 19.1. The van der Waals surface area contributed by atoms with Gasteiger partial charge in [0, 0.05) is 32.7 Å². The molecule has 1 unspecified atom stereocenters. The van der Waals surface area contributed by atoms with Gasteiger partial charge in [-0.25, -0.2) is 4.98 Å². The Morgan fingerprint density at radius 1 is 1.36 bits per heavy atom. The molecule has 3 heterocycles. The van der Waals surface area contributed by atoms with E-state index in [1.807, 2.05) is 0 Å². The minimum atomic E-state index is -0.520. The van der Waals surface area contributed by atoms with Crippen LogP contribution in [0.25, 0.3) is 0 Å². The van der Waals surface area contributed by atoms with Crippen LogP contribution in [0.2, 0.25) is 0 Å². The van der Waals surface area contributed by atoms with Gasteiger partial charge in [0.05, 0.1) is 26.5 Å². The first kappa shape index (κ1) is 15.4. The van der Waals surface area contributed by atoms with Crippen molar-refractivity contribution in [2.75, 3.05) is 57.9 Å². The van der Waals surface area contributed by atoms with Crippen LogP contribution in [0, 0.1) is 11.7 Å². The van der Waals surface area contributed by atoms with Crippen molar-refractivity contribution in [1.29, 1.82) is 0 Å². The van der Waals surface area contributed by atoms with Crippen LogP contribution in [-0.2, 0) is 4.74 Å². The maximum Gasteiger partial charge on any atom is 0.255 e. The molecule has 0 N–H and O–H groups in total. The van der Waals surface area contributed by atoms with Gasteiger partial charge in [-0.15, -0.1) is 0 Å². The van der Waals surface area contributed by atoms with Crippen LogP contribution in [0.5, 0.6) is 5.88 Å². The molecule has 2 aliphatic heterocycles. The van der Waals surface area contributed by atoms with Crippen LogP contribution in [0.1, 0.15) is 12.8 Å². The fourth-order valence-corrected chi connectivity index (χ4v) is 3.18. The Morgan fingerprint density at radius 2 is 2.18 bits per heavy atom. The first-order chi connectivity index (χ1) is 10.8. The van der Waals surface area contributed by atoms with Gasteiger partial charge in [0.25, 0.3) is 5.88 Å². The average molecular weight is 310 g/mol. The Labute approximate surface area is 130 Å². The standard InChI is InChI=1S/C15H23FN4O2/c1-21-14-13(16)9-17-15(18-14)20-4-2-3-12(11-20)10-19-5-7-22-8-6-19/h9,12H,2-8,10-11H2,1H3. The SMILES string of the molecule is COc1nc(N2CCCC(CN3CCOCC3)C2)ncc1F. The van der Waals surface area contributed by atoms with E-state index >= 15 is 0 Å². The van der Waals surface area contributed by atoms with E-state index < -0.39 is 5.82 Å². The van der Waals surface area contributed by atoms with Gasteiger partial charge in [0.2, 0.25) is 11.8 Å². The number of methoxy groups -OCH3 is 1. The first-order valence-electron chi connectivity index (χ1n) is 7.88. The second-order valence-electron chi connectivity index (χ2n) is 5.89. The van der Waals surface area contributed by atoms with Crippen molar-refractivity contribution in [2.24, 2.45) is 5.92 Å². The summed E-state index contributed by atoms with van der Waals surface area (Å²) in [6.07, 6.45) is 3.51. The van der Waals surface area contributed by atoms with Gasteiger partial charge in [0.15, 0.2) is 0 Å². The summed E-state index contributed by atoms with van der Waals surface area (Å²) < 4.78 is 23.8. The van der Waals surface area contributed by atoms with Gasteiger partial charge in [0.1, 0.15) is 0 Å². The molecule has 0 saturated carbocycles. The molecule has 6 nitrogen and oxygen atoms in total. The van der Waals surface area contributed by atoms with Gasteiger partial charge in [-0.05, 0) is 18.8 Å². The maximum atomic E-state index is 13.4. The Hall–Kier alpha value is -1.47. The van der Waals surface area contributed by atoms with Gasteiger partial charge in [-0.3, -0.25) is 4.90 Å². The van der Waals surface area contributed by atoms with Crippen LogP contribution in [0.4, 0.5) is 10.3 Å². The second kappa shape index (κ2) is 7.19. The van der Waals surface area contributed by atoms with Crippen molar-refractivity contribution in [1.82, 2.24) is 14.9 Å². The van der Waals surface area contributed by atoms with E-state index in [9.17, 15) is 4.39 Å². The third-order valence-electron chi connectivity index (χ3n) is 4.31. The van der Waals surface area contributed by atoms with Crippen molar-refractivity contribution >= 4 is 5.95 Å². The topological polar surface area (TPSA) is 50.7 Å². The molecule has 7 heteroatoms. The number of hydrogen-bond acceptors (Lipinski definition) is 6. The quantitative estimate of drug-likeness (QED) is 0.832. The lowest BCUT2D eigenvalue weighted by Gasteiger charge is -2.36. The number of piperidine rings is 1. The Kier molecular flexibility index (Phi) is 5.04. The zero-order valence-corrected chi connectivity index (χ0v) is 13.0. The highest BCUT2D eigenvalue weighted by Crippen LogP contribution is 2.23. The smallest absolute Gasteiger partial charge is 0.255 e. The fourth-order valence-electron chi connectivity index (χ4n) is 3.18. The number of anilines is 1. The lowest BCUT2D eigenvalue weighted by molar-refractivity contribution is 0.0296. The Bertz CT molecular complexity index is 496. The number of halogens is 1. The molecule has 3 rings (SSSR count). The zero-order valence-electron chi connectivity index (χ0n) is 13.0. The lowest BCUT2D eigenvalue weighted by Crippen LogP contribution is -2.45. The molecule has 0 bridgehead atoms. The minimum Gasteiger partial charge on any atom is -0.479 e. The number of ether oxygens (including phenoxy) is 2. The molecule has 0 amide bonds. The molecule has 1 atom stereocenters. The highest BCUT2D eigenvalue weighted by molar-refractivity contribution is 5.33. The summed E-state index contributed by atoms with van der Waals surface area (Å²) in [6.45, 7) is 6.58. The van der Waals surface area contributed by atoms with E-state index in [2.05, 4.69) is 19.8 Å². The summed E-state index contributed by atoms with van der Waals surface area (Å²) in [6, 6.07) is 0. The predicted molar refractivity (Wildman–Crippen MR) is 80.7 cm³/mol. The summed E-state index contributed by atoms with van der Waals surface area (Å²) in [7, 11) is 1.42. The molecule has 2 fully saturated rings. The number of rotatable bonds is 4. The molecule has 122 valence electrons. The Balaban J connectivity index is 1.62. The molecule has 0 aliphatic carbocycles. The molecule has 1 aromatic rings. The molecule has 2 aliphatic rings. The maximum absolute atomic E-state index is 13.4. The highest BCUT2D eigenvalue weighted by Gasteiger charge is 2.25. The fraction of sp³-hybridized carbons (Fsp3) is 0.733. The van der Waals surface area contributed by atoms with Crippen molar-refractivity contribution in [2.45, 2.75) is 12.8 Å². The number of hydrogen-bond donors (Lipinski definition) is 0. The summed E-state index contributed by atoms with van der Waals surface area (Å²) >= 11 is 0. The van der Waals surface area contributed by atoms with Crippen molar-refractivity contribution in [3.05, 3.63) is 12.0 Å². The van der Waals surface area contributed by atoms with Crippen LogP contribution in [0.3, 0.4) is 0 Å². The molecule has 22 heavy (non-hydrogen) atoms. The van der Waals surface area contributed by atoms with Crippen molar-refractivity contribution < 1.29 is 13.9 Å². The summed E-state index contributed by atoms with van der Waals surface area (Å²) in [5.74, 6) is 0.643.